The van der Waals surface area contributed by atoms with Gasteiger partial charge in [0.05, 0.1) is 0 Å². The van der Waals surface area contributed by atoms with Gasteiger partial charge in [-0.2, -0.15) is 0 Å². The molecule has 0 saturated carbocycles. The molecule has 1 saturated heterocycles. The fourth-order valence-corrected chi connectivity index (χ4v) is 1.31. The van der Waals surface area contributed by atoms with Crippen molar-refractivity contribution in [3.63, 3.8) is 0 Å². The van der Waals surface area contributed by atoms with Gasteiger partial charge in [0.2, 0.25) is 0 Å². The Morgan fingerprint density at radius 3 is 2.46 bits per heavy atom. The minimum atomic E-state index is -0.884. The molecule has 0 aromatic heterocycles. The van der Waals surface area contributed by atoms with E-state index in [4.69, 9.17) is 9.84 Å². The molecule has 3 nitrogen and oxygen atoms in total. The fraction of sp³-hybridized carbons (Fsp3) is 0.300. The summed E-state index contributed by atoms with van der Waals surface area (Å²) in [4.78, 5) is 10.5. The van der Waals surface area contributed by atoms with Gasteiger partial charge in [0.1, 0.15) is 6.10 Å². The molecule has 3 heteroatoms. The largest absolute Gasteiger partial charge is 0.479 e. The lowest BCUT2D eigenvalue weighted by Crippen LogP contribution is -2.04. The SMILES string of the molecule is Cc1ccc([C@H]2O[C@@H]2C(=O)O)cc1. The maximum absolute atomic E-state index is 10.5. The predicted molar refractivity (Wildman–Crippen MR) is 46.4 cm³/mol. The summed E-state index contributed by atoms with van der Waals surface area (Å²) in [5, 5.41) is 8.61. The first-order chi connectivity index (χ1) is 6.18. The maximum Gasteiger partial charge on any atom is 0.335 e. The van der Waals surface area contributed by atoms with Crippen LogP contribution in [0.3, 0.4) is 0 Å². The highest BCUT2D eigenvalue weighted by molar-refractivity contribution is 5.76. The number of aryl methyl sites for hydroxylation is 1. The van der Waals surface area contributed by atoms with Gasteiger partial charge in [-0.25, -0.2) is 4.79 Å². The number of carboxylic acid groups (broad SMARTS) is 1. The van der Waals surface area contributed by atoms with Crippen LogP contribution < -0.4 is 0 Å². The Morgan fingerprint density at radius 2 is 2.00 bits per heavy atom. The van der Waals surface area contributed by atoms with E-state index < -0.39 is 12.1 Å². The molecule has 0 bridgehead atoms. The Kier molecular flexibility index (Phi) is 1.81. The lowest BCUT2D eigenvalue weighted by Gasteiger charge is -1.95. The van der Waals surface area contributed by atoms with Crippen LogP contribution in [0.5, 0.6) is 0 Å². The molecule has 0 aliphatic carbocycles. The van der Waals surface area contributed by atoms with E-state index >= 15 is 0 Å². The summed E-state index contributed by atoms with van der Waals surface area (Å²) in [6.45, 7) is 1.99. The van der Waals surface area contributed by atoms with Crippen molar-refractivity contribution in [1.82, 2.24) is 0 Å². The van der Waals surface area contributed by atoms with Gasteiger partial charge >= 0.3 is 5.97 Å². The first-order valence-corrected chi connectivity index (χ1v) is 4.13. The minimum Gasteiger partial charge on any atom is -0.479 e. The molecule has 2 atom stereocenters. The number of hydrogen-bond acceptors (Lipinski definition) is 2. The molecule has 13 heavy (non-hydrogen) atoms. The second-order valence-electron chi connectivity index (χ2n) is 3.23. The van der Waals surface area contributed by atoms with Gasteiger partial charge in [0.25, 0.3) is 0 Å². The summed E-state index contributed by atoms with van der Waals surface area (Å²) in [7, 11) is 0. The third-order valence-corrected chi connectivity index (χ3v) is 2.14. The van der Waals surface area contributed by atoms with Crippen molar-refractivity contribution in [2.75, 3.05) is 0 Å². The van der Waals surface area contributed by atoms with Gasteiger partial charge in [-0.3, -0.25) is 0 Å². The van der Waals surface area contributed by atoms with Crippen LogP contribution in [-0.2, 0) is 9.53 Å². The van der Waals surface area contributed by atoms with Crippen molar-refractivity contribution in [2.24, 2.45) is 0 Å². The van der Waals surface area contributed by atoms with Crippen LogP contribution in [0.4, 0.5) is 0 Å². The number of ether oxygens (including phenoxy) is 1. The van der Waals surface area contributed by atoms with E-state index in [-0.39, 0.29) is 6.10 Å². The second kappa shape index (κ2) is 2.85. The molecule has 1 fully saturated rings. The van der Waals surface area contributed by atoms with E-state index in [9.17, 15) is 4.79 Å². The number of rotatable bonds is 2. The second-order valence-corrected chi connectivity index (χ2v) is 3.23. The standard InChI is InChI=1S/C10H10O3/c1-6-2-4-7(5-3-6)8-9(13-8)10(11)12/h2-5,8-9H,1H3,(H,11,12)/t8-,9+/m1/s1. The quantitative estimate of drug-likeness (QED) is 0.698. The van der Waals surface area contributed by atoms with E-state index in [1.807, 2.05) is 31.2 Å². The Bertz CT molecular complexity index is 329. The molecular formula is C10H10O3. The van der Waals surface area contributed by atoms with Crippen molar-refractivity contribution in [3.8, 4) is 0 Å². The zero-order valence-electron chi connectivity index (χ0n) is 7.23. The van der Waals surface area contributed by atoms with Gasteiger partial charge in [0, 0.05) is 0 Å². The number of carboxylic acids is 1. The molecule has 2 rings (SSSR count). The van der Waals surface area contributed by atoms with Crippen molar-refractivity contribution in [2.45, 2.75) is 19.1 Å². The lowest BCUT2D eigenvalue weighted by molar-refractivity contribution is -0.138. The first-order valence-electron chi connectivity index (χ1n) is 4.13. The zero-order valence-corrected chi connectivity index (χ0v) is 7.23. The first kappa shape index (κ1) is 8.26. The molecule has 1 aromatic rings. The highest BCUT2D eigenvalue weighted by Gasteiger charge is 2.46. The van der Waals surface area contributed by atoms with E-state index in [0.717, 1.165) is 11.1 Å². The number of aliphatic carboxylic acids is 1. The summed E-state index contributed by atoms with van der Waals surface area (Å²) < 4.78 is 5.00. The molecule has 0 unspecified atom stereocenters. The van der Waals surface area contributed by atoms with Crippen LogP contribution in [0.2, 0.25) is 0 Å². The van der Waals surface area contributed by atoms with Crippen LogP contribution in [-0.4, -0.2) is 17.2 Å². The Labute approximate surface area is 76.0 Å². The highest BCUT2D eigenvalue weighted by Crippen LogP contribution is 2.38. The summed E-state index contributed by atoms with van der Waals surface area (Å²) in [5.74, 6) is -0.884. The van der Waals surface area contributed by atoms with Gasteiger partial charge < -0.3 is 9.84 Å². The average molecular weight is 178 g/mol. The molecule has 68 valence electrons. The van der Waals surface area contributed by atoms with Crippen LogP contribution in [0.1, 0.15) is 17.2 Å². The van der Waals surface area contributed by atoms with Crippen LogP contribution in [0.25, 0.3) is 0 Å². The zero-order chi connectivity index (χ0) is 9.42. The molecule has 0 amide bonds. The number of hydrogen-bond donors (Lipinski definition) is 1. The Morgan fingerprint density at radius 1 is 1.38 bits per heavy atom. The van der Waals surface area contributed by atoms with E-state index in [0.29, 0.717) is 0 Å². The van der Waals surface area contributed by atoms with Gasteiger partial charge in [-0.15, -0.1) is 0 Å². The van der Waals surface area contributed by atoms with Crippen molar-refractivity contribution < 1.29 is 14.6 Å². The molecular weight excluding hydrogens is 168 g/mol. The molecule has 1 aromatic carbocycles. The Balaban J connectivity index is 2.12. The molecule has 0 spiro atoms. The maximum atomic E-state index is 10.5. The monoisotopic (exact) mass is 178 g/mol. The van der Waals surface area contributed by atoms with Crippen molar-refractivity contribution >= 4 is 5.97 Å². The van der Waals surface area contributed by atoms with E-state index in [1.165, 1.54) is 0 Å². The fourth-order valence-electron chi connectivity index (χ4n) is 1.31. The molecule has 1 aliphatic heterocycles. The average Bonchev–Trinajstić information content (AvgIpc) is 2.85. The molecule has 1 aliphatic rings. The van der Waals surface area contributed by atoms with Crippen molar-refractivity contribution in [1.29, 1.82) is 0 Å². The molecule has 0 radical (unpaired) electrons. The molecule has 1 N–H and O–H groups in total. The van der Waals surface area contributed by atoms with E-state index in [1.54, 1.807) is 0 Å². The van der Waals surface area contributed by atoms with Crippen molar-refractivity contribution in [3.05, 3.63) is 35.4 Å². The number of benzene rings is 1. The minimum absolute atomic E-state index is 0.238. The molecule has 1 heterocycles. The van der Waals surface area contributed by atoms with Crippen LogP contribution in [0.15, 0.2) is 24.3 Å². The number of carbonyl (C=O) groups is 1. The highest BCUT2D eigenvalue weighted by atomic mass is 16.6. The lowest BCUT2D eigenvalue weighted by atomic mass is 10.1. The van der Waals surface area contributed by atoms with Crippen LogP contribution in [0, 0.1) is 6.92 Å². The predicted octanol–water partition coefficient (Wildman–Crippen LogP) is 1.52. The third kappa shape index (κ3) is 1.55. The summed E-state index contributed by atoms with van der Waals surface area (Å²) in [6.07, 6.45) is -0.874. The summed E-state index contributed by atoms with van der Waals surface area (Å²) in [5.41, 5.74) is 2.11. The number of epoxide rings is 1. The van der Waals surface area contributed by atoms with Gasteiger partial charge in [0.15, 0.2) is 6.10 Å². The Hall–Kier alpha value is -1.35. The van der Waals surface area contributed by atoms with Crippen LogP contribution >= 0.6 is 0 Å². The summed E-state index contributed by atoms with van der Waals surface area (Å²) >= 11 is 0. The summed E-state index contributed by atoms with van der Waals surface area (Å²) in [6, 6.07) is 7.72. The van der Waals surface area contributed by atoms with Gasteiger partial charge in [-0.05, 0) is 12.5 Å². The topological polar surface area (TPSA) is 49.8 Å². The van der Waals surface area contributed by atoms with E-state index in [2.05, 4.69) is 0 Å². The smallest absolute Gasteiger partial charge is 0.335 e. The normalized spacial score (nSPS) is 25.6. The van der Waals surface area contributed by atoms with Gasteiger partial charge in [-0.1, -0.05) is 29.8 Å². The third-order valence-electron chi connectivity index (χ3n) is 2.14.